The van der Waals surface area contributed by atoms with Gasteiger partial charge in [0, 0.05) is 23.7 Å². The zero-order valence-corrected chi connectivity index (χ0v) is 14.6. The predicted octanol–water partition coefficient (Wildman–Crippen LogP) is 2.31. The van der Waals surface area contributed by atoms with E-state index in [1.165, 1.54) is 0 Å². The van der Waals surface area contributed by atoms with Gasteiger partial charge in [0.2, 0.25) is 0 Å². The molecule has 1 aromatic rings. The number of nitrogens with one attached hydrogen (secondary N) is 2. The topological polar surface area (TPSA) is 61.4 Å². The Hall–Kier alpha value is -0.660. The highest BCUT2D eigenvalue weighted by Gasteiger charge is 2.25. The molecule has 0 saturated carbocycles. The highest BCUT2D eigenvalue weighted by atomic mass is 35.5. The largest absolute Gasteiger partial charge is 0.295 e. The van der Waals surface area contributed by atoms with Crippen molar-refractivity contribution in [3.8, 4) is 0 Å². The van der Waals surface area contributed by atoms with E-state index >= 15 is 0 Å². The Morgan fingerprint density at radius 2 is 1.95 bits per heavy atom. The SMILES string of the molecule is CC(C)NS(=O)(=O)NCC(c1cccc(Cl)c1)N1CCCC1. The molecular formula is C15H24ClN3O2S. The van der Waals surface area contributed by atoms with Crippen molar-refractivity contribution < 1.29 is 8.42 Å². The molecule has 7 heteroatoms. The Balaban J connectivity index is 2.12. The van der Waals surface area contributed by atoms with E-state index in [4.69, 9.17) is 11.6 Å². The molecule has 0 amide bonds. The molecule has 1 unspecified atom stereocenters. The monoisotopic (exact) mass is 345 g/mol. The third-order valence-corrected chi connectivity index (χ3v) is 5.24. The molecule has 2 N–H and O–H groups in total. The van der Waals surface area contributed by atoms with Crippen LogP contribution in [0, 0.1) is 0 Å². The molecule has 22 heavy (non-hydrogen) atoms. The van der Waals surface area contributed by atoms with Crippen LogP contribution in [0.25, 0.3) is 0 Å². The highest BCUT2D eigenvalue weighted by molar-refractivity contribution is 7.87. The summed E-state index contributed by atoms with van der Waals surface area (Å²) in [6.45, 7) is 5.90. The quantitative estimate of drug-likeness (QED) is 0.797. The Kier molecular flexibility index (Phi) is 6.23. The maximum absolute atomic E-state index is 12.0. The summed E-state index contributed by atoms with van der Waals surface area (Å²) >= 11 is 6.09. The number of likely N-dealkylation sites (tertiary alicyclic amines) is 1. The van der Waals surface area contributed by atoms with Gasteiger partial charge in [0.25, 0.3) is 10.2 Å². The van der Waals surface area contributed by atoms with Gasteiger partial charge in [-0.25, -0.2) is 4.72 Å². The van der Waals surface area contributed by atoms with Crippen LogP contribution in [-0.4, -0.2) is 39.0 Å². The molecular weight excluding hydrogens is 322 g/mol. The van der Waals surface area contributed by atoms with Crippen LogP contribution in [0.5, 0.6) is 0 Å². The first-order chi connectivity index (χ1) is 10.4. The van der Waals surface area contributed by atoms with Crippen molar-refractivity contribution in [2.75, 3.05) is 19.6 Å². The summed E-state index contributed by atoms with van der Waals surface area (Å²) in [5.74, 6) is 0. The lowest BCUT2D eigenvalue weighted by molar-refractivity contribution is 0.246. The molecule has 1 heterocycles. The first-order valence-electron chi connectivity index (χ1n) is 7.64. The molecule has 2 rings (SSSR count). The lowest BCUT2D eigenvalue weighted by atomic mass is 10.1. The number of benzene rings is 1. The van der Waals surface area contributed by atoms with E-state index in [2.05, 4.69) is 14.3 Å². The number of halogens is 1. The second-order valence-corrected chi connectivity index (χ2v) is 7.91. The average Bonchev–Trinajstić information content (AvgIpc) is 2.91. The van der Waals surface area contributed by atoms with Crippen molar-refractivity contribution in [3.63, 3.8) is 0 Å². The van der Waals surface area contributed by atoms with Gasteiger partial charge in [-0.2, -0.15) is 13.1 Å². The molecule has 124 valence electrons. The number of nitrogens with zero attached hydrogens (tertiary/aromatic N) is 1. The van der Waals surface area contributed by atoms with Gasteiger partial charge >= 0.3 is 0 Å². The third-order valence-electron chi connectivity index (χ3n) is 3.67. The second kappa shape index (κ2) is 7.75. The Morgan fingerprint density at radius 1 is 1.27 bits per heavy atom. The maximum Gasteiger partial charge on any atom is 0.277 e. The summed E-state index contributed by atoms with van der Waals surface area (Å²) in [5.41, 5.74) is 1.04. The normalized spacial score (nSPS) is 18.0. The highest BCUT2D eigenvalue weighted by Crippen LogP contribution is 2.26. The molecule has 0 spiro atoms. The van der Waals surface area contributed by atoms with Crippen LogP contribution in [0.15, 0.2) is 24.3 Å². The molecule has 0 aromatic heterocycles. The fourth-order valence-electron chi connectivity index (χ4n) is 2.77. The molecule has 0 aliphatic carbocycles. The summed E-state index contributed by atoms with van der Waals surface area (Å²) in [4.78, 5) is 2.31. The molecule has 0 bridgehead atoms. The van der Waals surface area contributed by atoms with Crippen molar-refractivity contribution in [2.24, 2.45) is 0 Å². The fraction of sp³-hybridized carbons (Fsp3) is 0.600. The van der Waals surface area contributed by atoms with Gasteiger partial charge in [0.15, 0.2) is 0 Å². The summed E-state index contributed by atoms with van der Waals surface area (Å²) in [5, 5.41) is 0.671. The predicted molar refractivity (Wildman–Crippen MR) is 90.2 cm³/mol. The number of hydrogen-bond acceptors (Lipinski definition) is 3. The second-order valence-electron chi connectivity index (χ2n) is 5.94. The first kappa shape index (κ1) is 17.7. The standard InChI is InChI=1S/C15H24ClN3O2S/c1-12(2)18-22(20,21)17-11-15(19-8-3-4-9-19)13-6-5-7-14(16)10-13/h5-7,10,12,15,17-18H,3-4,8-9,11H2,1-2H3. The summed E-state index contributed by atoms with van der Waals surface area (Å²) < 4.78 is 29.2. The van der Waals surface area contributed by atoms with Crippen LogP contribution in [0.3, 0.4) is 0 Å². The molecule has 1 saturated heterocycles. The van der Waals surface area contributed by atoms with Crippen LogP contribution in [0.4, 0.5) is 0 Å². The summed E-state index contributed by atoms with van der Waals surface area (Å²) in [7, 11) is -3.48. The van der Waals surface area contributed by atoms with E-state index in [0.717, 1.165) is 31.5 Å². The van der Waals surface area contributed by atoms with Gasteiger partial charge in [-0.05, 0) is 57.5 Å². The van der Waals surface area contributed by atoms with Crippen LogP contribution in [-0.2, 0) is 10.2 Å². The molecule has 1 fully saturated rings. The minimum absolute atomic E-state index is 0.00457. The van der Waals surface area contributed by atoms with E-state index in [0.29, 0.717) is 11.6 Å². The number of rotatable bonds is 7. The smallest absolute Gasteiger partial charge is 0.277 e. The maximum atomic E-state index is 12.0. The van der Waals surface area contributed by atoms with Gasteiger partial charge in [-0.15, -0.1) is 0 Å². The van der Waals surface area contributed by atoms with Crippen LogP contribution in [0.2, 0.25) is 5.02 Å². The molecule has 1 atom stereocenters. The van der Waals surface area contributed by atoms with E-state index in [-0.39, 0.29) is 12.1 Å². The average molecular weight is 346 g/mol. The van der Waals surface area contributed by atoms with Crippen molar-refractivity contribution in [1.29, 1.82) is 0 Å². The fourth-order valence-corrected chi connectivity index (χ4v) is 4.05. The lowest BCUT2D eigenvalue weighted by Gasteiger charge is -2.28. The Bertz CT molecular complexity index is 586. The summed E-state index contributed by atoms with van der Waals surface area (Å²) in [6.07, 6.45) is 2.29. The minimum Gasteiger partial charge on any atom is -0.295 e. The first-order valence-corrected chi connectivity index (χ1v) is 9.50. The minimum atomic E-state index is -3.48. The molecule has 1 aliphatic rings. The van der Waals surface area contributed by atoms with E-state index < -0.39 is 10.2 Å². The molecule has 1 aromatic carbocycles. The molecule has 1 aliphatic heterocycles. The van der Waals surface area contributed by atoms with Crippen LogP contribution < -0.4 is 9.44 Å². The zero-order valence-electron chi connectivity index (χ0n) is 13.0. The third kappa shape index (κ3) is 5.21. The van der Waals surface area contributed by atoms with Crippen molar-refractivity contribution in [1.82, 2.24) is 14.3 Å². The van der Waals surface area contributed by atoms with Gasteiger partial charge in [0.05, 0.1) is 0 Å². The van der Waals surface area contributed by atoms with Gasteiger partial charge in [0.1, 0.15) is 0 Å². The summed E-state index contributed by atoms with van der Waals surface area (Å²) in [6, 6.07) is 7.52. The van der Waals surface area contributed by atoms with Crippen LogP contribution >= 0.6 is 11.6 Å². The van der Waals surface area contributed by atoms with E-state index in [1.54, 1.807) is 13.8 Å². The Labute approximate surface area is 138 Å². The lowest BCUT2D eigenvalue weighted by Crippen LogP contribution is -2.44. The zero-order chi connectivity index (χ0) is 16.2. The van der Waals surface area contributed by atoms with E-state index in [1.807, 2.05) is 24.3 Å². The van der Waals surface area contributed by atoms with Crippen molar-refractivity contribution >= 4 is 21.8 Å². The Morgan fingerprint density at radius 3 is 2.55 bits per heavy atom. The van der Waals surface area contributed by atoms with Crippen molar-refractivity contribution in [3.05, 3.63) is 34.9 Å². The van der Waals surface area contributed by atoms with E-state index in [9.17, 15) is 8.42 Å². The van der Waals surface area contributed by atoms with Gasteiger partial charge < -0.3 is 0 Å². The van der Waals surface area contributed by atoms with Crippen molar-refractivity contribution in [2.45, 2.75) is 38.8 Å². The van der Waals surface area contributed by atoms with Gasteiger partial charge in [-0.3, -0.25) is 4.90 Å². The van der Waals surface area contributed by atoms with Crippen LogP contribution in [0.1, 0.15) is 38.3 Å². The number of hydrogen-bond donors (Lipinski definition) is 2. The van der Waals surface area contributed by atoms with Gasteiger partial charge in [-0.1, -0.05) is 23.7 Å². The molecule has 0 radical (unpaired) electrons. The molecule has 5 nitrogen and oxygen atoms in total.